The first-order chi connectivity index (χ1) is 13.9. The molecule has 3 aromatic carbocycles. The van der Waals surface area contributed by atoms with Crippen molar-refractivity contribution in [2.75, 3.05) is 5.43 Å². The molecule has 0 spiro atoms. The average Bonchev–Trinajstić information content (AvgIpc) is 2.71. The van der Waals surface area contributed by atoms with Crippen LogP contribution in [0.25, 0.3) is 0 Å². The number of aromatic hydroxyl groups is 1. The number of aryl methyl sites for hydroxylation is 1. The predicted octanol–water partition coefficient (Wildman–Crippen LogP) is 4.38. The second-order valence-electron chi connectivity index (χ2n) is 6.17. The molecule has 0 saturated carbocycles. The first kappa shape index (κ1) is 19.5. The van der Waals surface area contributed by atoms with E-state index in [4.69, 9.17) is 0 Å². The fraction of sp³-hybridized carbons (Fsp3) is 0.0500. The lowest BCUT2D eigenvalue weighted by molar-refractivity contribution is -0.393. The molecule has 3 rings (SSSR count). The van der Waals surface area contributed by atoms with E-state index >= 15 is 0 Å². The molecule has 146 valence electrons. The van der Waals surface area contributed by atoms with E-state index < -0.39 is 21.2 Å². The third kappa shape index (κ3) is 4.35. The normalized spacial score (nSPS) is 11.1. The number of phenolic OH excluding ortho intramolecular Hbond substituents is 1. The van der Waals surface area contributed by atoms with Crippen LogP contribution < -0.4 is 5.43 Å². The van der Waals surface area contributed by atoms with Gasteiger partial charge in [0.25, 0.3) is 5.69 Å². The summed E-state index contributed by atoms with van der Waals surface area (Å²) in [6.07, 6.45) is 0. The lowest BCUT2D eigenvalue weighted by atomic mass is 10.00. The molecule has 0 heterocycles. The molecule has 0 aromatic heterocycles. The minimum absolute atomic E-state index is 0.00166. The number of hydrogen-bond acceptors (Lipinski definition) is 7. The van der Waals surface area contributed by atoms with Gasteiger partial charge in [0, 0.05) is 17.2 Å². The molecule has 0 saturated heterocycles. The van der Waals surface area contributed by atoms with Crippen LogP contribution in [0.15, 0.2) is 71.8 Å². The van der Waals surface area contributed by atoms with E-state index in [-0.39, 0.29) is 11.4 Å². The molecule has 2 N–H and O–H groups in total. The zero-order valence-electron chi connectivity index (χ0n) is 15.3. The van der Waals surface area contributed by atoms with Gasteiger partial charge in [-0.25, -0.2) is 0 Å². The fourth-order valence-electron chi connectivity index (χ4n) is 2.71. The van der Waals surface area contributed by atoms with Gasteiger partial charge in [0.05, 0.1) is 15.9 Å². The average molecular weight is 392 g/mol. The lowest BCUT2D eigenvalue weighted by Crippen LogP contribution is -2.08. The maximum absolute atomic E-state index is 11.3. The van der Waals surface area contributed by atoms with Gasteiger partial charge in [0.1, 0.15) is 17.1 Å². The Morgan fingerprint density at radius 3 is 2.34 bits per heavy atom. The number of nitro groups is 2. The van der Waals surface area contributed by atoms with Crippen molar-refractivity contribution in [2.24, 2.45) is 5.10 Å². The Labute approximate surface area is 165 Å². The first-order valence-corrected chi connectivity index (χ1v) is 8.49. The number of nitrogens with zero attached hydrogens (tertiary/aromatic N) is 3. The van der Waals surface area contributed by atoms with Gasteiger partial charge in [0.15, 0.2) is 0 Å². The summed E-state index contributed by atoms with van der Waals surface area (Å²) in [5.41, 5.74) is 4.09. The van der Waals surface area contributed by atoms with Crippen LogP contribution in [0.3, 0.4) is 0 Å². The highest BCUT2D eigenvalue weighted by molar-refractivity contribution is 6.14. The van der Waals surface area contributed by atoms with E-state index in [2.05, 4.69) is 10.5 Å². The molecule has 3 aromatic rings. The highest BCUT2D eigenvalue weighted by Crippen LogP contribution is 2.30. The number of anilines is 1. The molecular weight excluding hydrogens is 376 g/mol. The molecule has 0 unspecified atom stereocenters. The van der Waals surface area contributed by atoms with E-state index in [9.17, 15) is 25.3 Å². The number of hydrogen-bond donors (Lipinski definition) is 2. The van der Waals surface area contributed by atoms with Gasteiger partial charge in [-0.3, -0.25) is 25.7 Å². The zero-order chi connectivity index (χ0) is 21.0. The number of non-ortho nitro benzene ring substituents is 1. The number of phenols is 1. The van der Waals surface area contributed by atoms with Crippen LogP contribution >= 0.6 is 0 Å². The van der Waals surface area contributed by atoms with Gasteiger partial charge < -0.3 is 5.11 Å². The number of hydrazone groups is 1. The lowest BCUT2D eigenvalue weighted by Gasteiger charge is -2.11. The second kappa shape index (κ2) is 8.17. The van der Waals surface area contributed by atoms with E-state index in [1.807, 2.05) is 13.0 Å². The van der Waals surface area contributed by atoms with Crippen molar-refractivity contribution in [1.29, 1.82) is 0 Å². The molecule has 0 amide bonds. The third-order valence-corrected chi connectivity index (χ3v) is 4.13. The Kier molecular flexibility index (Phi) is 5.49. The number of nitro benzene ring substituents is 2. The van der Waals surface area contributed by atoms with E-state index in [1.165, 1.54) is 12.1 Å². The predicted molar refractivity (Wildman–Crippen MR) is 108 cm³/mol. The van der Waals surface area contributed by atoms with Crippen molar-refractivity contribution in [3.8, 4) is 5.75 Å². The summed E-state index contributed by atoms with van der Waals surface area (Å²) in [5, 5.41) is 36.8. The van der Waals surface area contributed by atoms with Crippen LogP contribution in [0, 0.1) is 27.2 Å². The van der Waals surface area contributed by atoms with E-state index in [1.54, 1.807) is 36.4 Å². The van der Waals surface area contributed by atoms with Crippen LogP contribution in [0.1, 0.15) is 16.7 Å². The smallest absolute Gasteiger partial charge is 0.301 e. The van der Waals surface area contributed by atoms with Crippen LogP contribution in [-0.2, 0) is 0 Å². The summed E-state index contributed by atoms with van der Waals surface area (Å²) in [5.74, 6) is -0.00166. The van der Waals surface area contributed by atoms with Gasteiger partial charge in [0.2, 0.25) is 0 Å². The van der Waals surface area contributed by atoms with Crippen LogP contribution in [0.4, 0.5) is 17.1 Å². The Morgan fingerprint density at radius 2 is 1.69 bits per heavy atom. The van der Waals surface area contributed by atoms with Crippen molar-refractivity contribution in [2.45, 2.75) is 6.92 Å². The van der Waals surface area contributed by atoms with Crippen LogP contribution in [0.5, 0.6) is 5.75 Å². The highest BCUT2D eigenvalue weighted by Gasteiger charge is 2.20. The Balaban J connectivity index is 2.10. The summed E-state index contributed by atoms with van der Waals surface area (Å²) in [6, 6.07) is 17.3. The van der Waals surface area contributed by atoms with E-state index in [0.717, 1.165) is 17.7 Å². The SMILES string of the molecule is Cc1ccc(O)c(/C(=N/Nc2ccc([N+](=O)[O-])cc2[N+](=O)[O-])c2ccccc2)c1. The molecule has 0 aliphatic carbocycles. The molecule has 0 bridgehead atoms. The minimum atomic E-state index is -0.725. The second-order valence-corrected chi connectivity index (χ2v) is 6.17. The summed E-state index contributed by atoms with van der Waals surface area (Å²) < 4.78 is 0. The zero-order valence-corrected chi connectivity index (χ0v) is 15.3. The fourth-order valence-corrected chi connectivity index (χ4v) is 2.71. The molecule has 9 nitrogen and oxygen atoms in total. The number of nitrogens with one attached hydrogen (secondary N) is 1. The molecule has 29 heavy (non-hydrogen) atoms. The van der Waals surface area contributed by atoms with Gasteiger partial charge in [-0.2, -0.15) is 5.10 Å². The van der Waals surface area contributed by atoms with Gasteiger partial charge in [-0.15, -0.1) is 0 Å². The third-order valence-electron chi connectivity index (χ3n) is 4.13. The Bertz CT molecular complexity index is 1110. The van der Waals surface area contributed by atoms with Gasteiger partial charge >= 0.3 is 5.69 Å². The molecule has 0 aliphatic rings. The maximum Gasteiger partial charge on any atom is 0.301 e. The molecule has 0 fully saturated rings. The molecular formula is C20H16N4O5. The van der Waals surface area contributed by atoms with Crippen molar-refractivity contribution in [1.82, 2.24) is 0 Å². The Morgan fingerprint density at radius 1 is 0.966 bits per heavy atom. The minimum Gasteiger partial charge on any atom is -0.507 e. The molecule has 0 atom stereocenters. The summed E-state index contributed by atoms with van der Waals surface area (Å²) in [6.45, 7) is 1.86. The van der Waals surface area contributed by atoms with Crippen molar-refractivity contribution in [3.05, 3.63) is 104 Å². The van der Waals surface area contributed by atoms with Crippen molar-refractivity contribution < 1.29 is 15.0 Å². The topological polar surface area (TPSA) is 131 Å². The molecule has 0 radical (unpaired) electrons. The summed E-state index contributed by atoms with van der Waals surface area (Å²) >= 11 is 0. The largest absolute Gasteiger partial charge is 0.507 e. The quantitative estimate of drug-likeness (QED) is 0.363. The van der Waals surface area contributed by atoms with Crippen LogP contribution in [-0.4, -0.2) is 20.7 Å². The molecule has 9 heteroatoms. The number of benzene rings is 3. The standard InChI is InChI=1S/C20H16N4O5/c1-13-7-10-19(25)16(11-13)20(14-5-3-2-4-6-14)22-21-17-9-8-15(23(26)27)12-18(17)24(28)29/h2-12,21,25H,1H3/b22-20+. The highest BCUT2D eigenvalue weighted by atomic mass is 16.6. The van der Waals surface area contributed by atoms with E-state index in [0.29, 0.717) is 16.8 Å². The first-order valence-electron chi connectivity index (χ1n) is 8.49. The maximum atomic E-state index is 11.3. The van der Waals surface area contributed by atoms with Gasteiger partial charge in [-0.05, 0) is 25.1 Å². The van der Waals surface area contributed by atoms with Crippen molar-refractivity contribution in [3.63, 3.8) is 0 Å². The molecule has 0 aliphatic heterocycles. The summed E-state index contributed by atoms with van der Waals surface area (Å²) in [7, 11) is 0. The van der Waals surface area contributed by atoms with Crippen LogP contribution in [0.2, 0.25) is 0 Å². The number of rotatable bonds is 6. The van der Waals surface area contributed by atoms with Crippen molar-refractivity contribution >= 4 is 22.8 Å². The van der Waals surface area contributed by atoms with Gasteiger partial charge in [-0.1, -0.05) is 42.0 Å². The summed E-state index contributed by atoms with van der Waals surface area (Å²) in [4.78, 5) is 20.8. The Hall–Kier alpha value is -4.27. The monoisotopic (exact) mass is 392 g/mol.